The van der Waals surface area contributed by atoms with Crippen molar-refractivity contribution in [2.75, 3.05) is 0 Å². The lowest BCUT2D eigenvalue weighted by atomic mass is 9.88. The first kappa shape index (κ1) is 7.59. The van der Waals surface area contributed by atoms with Crippen molar-refractivity contribution in [3.63, 3.8) is 0 Å². The van der Waals surface area contributed by atoms with Gasteiger partial charge in [-0.15, -0.1) is 0 Å². The first-order chi connectivity index (χ1) is 4.70. The lowest BCUT2D eigenvalue weighted by Crippen LogP contribution is -2.06. The average molecular weight is 136 g/mol. The summed E-state index contributed by atoms with van der Waals surface area (Å²) < 4.78 is 0. The van der Waals surface area contributed by atoms with E-state index < -0.39 is 0 Å². The highest BCUT2D eigenvalue weighted by atomic mass is 14.1. The van der Waals surface area contributed by atoms with Crippen molar-refractivity contribution in [1.29, 1.82) is 0 Å². The summed E-state index contributed by atoms with van der Waals surface area (Å²) in [6, 6.07) is 0. The molecule has 1 rings (SSSR count). The highest BCUT2D eigenvalue weighted by molar-refractivity contribution is 5.21. The van der Waals surface area contributed by atoms with Crippen molar-refractivity contribution in [3.05, 3.63) is 23.8 Å². The summed E-state index contributed by atoms with van der Waals surface area (Å²) in [6.07, 6.45) is 8.12. The van der Waals surface area contributed by atoms with E-state index >= 15 is 0 Å². The molecule has 0 saturated heterocycles. The molecule has 1 atom stereocenters. The molecular formula is C10H16. The highest BCUT2D eigenvalue weighted by Gasteiger charge is 2.10. The van der Waals surface area contributed by atoms with Gasteiger partial charge in [0.1, 0.15) is 0 Å². The molecule has 0 bridgehead atoms. The van der Waals surface area contributed by atoms with Crippen LogP contribution in [-0.4, -0.2) is 0 Å². The van der Waals surface area contributed by atoms with Crippen molar-refractivity contribution in [2.45, 2.75) is 27.2 Å². The van der Waals surface area contributed by atoms with Gasteiger partial charge in [-0.05, 0) is 25.2 Å². The smallest absolute Gasteiger partial charge is 0.0172 e. The zero-order chi connectivity index (χ0) is 7.56. The van der Waals surface area contributed by atoms with Crippen LogP contribution >= 0.6 is 0 Å². The Morgan fingerprint density at radius 2 is 2.20 bits per heavy atom. The molecule has 0 fully saturated rings. The minimum atomic E-state index is 0.781. The van der Waals surface area contributed by atoms with Gasteiger partial charge in [-0.1, -0.05) is 37.6 Å². The van der Waals surface area contributed by atoms with E-state index in [1.54, 1.807) is 0 Å². The molecule has 0 amide bonds. The average Bonchev–Trinajstić information content (AvgIpc) is 1.88. The van der Waals surface area contributed by atoms with Crippen LogP contribution in [0.5, 0.6) is 0 Å². The fraction of sp³-hybridized carbons (Fsp3) is 0.600. The topological polar surface area (TPSA) is 0 Å². The van der Waals surface area contributed by atoms with Gasteiger partial charge in [0.2, 0.25) is 0 Å². The van der Waals surface area contributed by atoms with Crippen LogP contribution in [0.3, 0.4) is 0 Å². The monoisotopic (exact) mass is 136 g/mol. The molecule has 0 unspecified atom stereocenters. The maximum absolute atomic E-state index is 2.33. The Morgan fingerprint density at radius 3 is 2.60 bits per heavy atom. The predicted octanol–water partition coefficient (Wildman–Crippen LogP) is 3.16. The van der Waals surface area contributed by atoms with E-state index in [4.69, 9.17) is 0 Å². The second-order valence-corrected chi connectivity index (χ2v) is 3.45. The molecule has 1 aliphatic carbocycles. The molecule has 0 nitrogen and oxygen atoms in total. The first-order valence-corrected chi connectivity index (χ1v) is 4.05. The number of hydrogen-bond donors (Lipinski definition) is 0. The molecule has 0 aromatic carbocycles. The Balaban J connectivity index is 2.52. The maximum Gasteiger partial charge on any atom is -0.0172 e. The molecule has 56 valence electrons. The van der Waals surface area contributed by atoms with Crippen molar-refractivity contribution >= 4 is 0 Å². The number of hydrogen-bond acceptors (Lipinski definition) is 0. The molecule has 0 N–H and O–H groups in total. The highest BCUT2D eigenvalue weighted by Crippen LogP contribution is 2.22. The van der Waals surface area contributed by atoms with Crippen LogP contribution in [0.1, 0.15) is 27.2 Å². The summed E-state index contributed by atoms with van der Waals surface area (Å²) >= 11 is 0. The number of allylic oxidation sites excluding steroid dienone is 4. The minimum absolute atomic E-state index is 0.781. The molecule has 0 aliphatic heterocycles. The second-order valence-electron chi connectivity index (χ2n) is 3.45. The summed E-state index contributed by atoms with van der Waals surface area (Å²) in [5.74, 6) is 1.57. The minimum Gasteiger partial charge on any atom is -0.0810 e. The van der Waals surface area contributed by atoms with E-state index in [0.717, 1.165) is 11.8 Å². The van der Waals surface area contributed by atoms with E-state index in [1.165, 1.54) is 12.0 Å². The van der Waals surface area contributed by atoms with Gasteiger partial charge in [-0.2, -0.15) is 0 Å². The summed E-state index contributed by atoms with van der Waals surface area (Å²) in [4.78, 5) is 0. The molecule has 0 saturated carbocycles. The van der Waals surface area contributed by atoms with Crippen LogP contribution < -0.4 is 0 Å². The Kier molecular flexibility index (Phi) is 2.31. The lowest BCUT2D eigenvalue weighted by Gasteiger charge is -2.17. The SMILES string of the molecule is CC1=CC[C@H](C(C)C)C=C1. The van der Waals surface area contributed by atoms with E-state index in [0.29, 0.717) is 0 Å². The molecule has 0 spiro atoms. The molecule has 10 heavy (non-hydrogen) atoms. The Hall–Kier alpha value is -0.520. The Bertz CT molecular complexity index is 161. The second kappa shape index (κ2) is 3.05. The largest absolute Gasteiger partial charge is 0.0810 e. The van der Waals surface area contributed by atoms with Crippen molar-refractivity contribution in [1.82, 2.24) is 0 Å². The van der Waals surface area contributed by atoms with E-state index in [-0.39, 0.29) is 0 Å². The van der Waals surface area contributed by atoms with Gasteiger partial charge in [-0.3, -0.25) is 0 Å². The summed E-state index contributed by atoms with van der Waals surface area (Å²) in [6.45, 7) is 6.72. The zero-order valence-corrected chi connectivity index (χ0v) is 7.09. The van der Waals surface area contributed by atoms with Crippen LogP contribution in [0.25, 0.3) is 0 Å². The van der Waals surface area contributed by atoms with E-state index in [2.05, 4.69) is 39.0 Å². The Labute approximate surface area is 63.6 Å². The molecular weight excluding hydrogens is 120 g/mol. The maximum atomic E-state index is 2.33. The van der Waals surface area contributed by atoms with Gasteiger partial charge in [0.15, 0.2) is 0 Å². The summed E-state index contributed by atoms with van der Waals surface area (Å²) in [5, 5.41) is 0. The normalized spacial score (nSPS) is 25.2. The van der Waals surface area contributed by atoms with Crippen LogP contribution in [0.4, 0.5) is 0 Å². The number of rotatable bonds is 1. The zero-order valence-electron chi connectivity index (χ0n) is 7.09. The van der Waals surface area contributed by atoms with Crippen molar-refractivity contribution in [2.24, 2.45) is 11.8 Å². The van der Waals surface area contributed by atoms with Crippen LogP contribution in [-0.2, 0) is 0 Å². The predicted molar refractivity (Wildman–Crippen MR) is 45.8 cm³/mol. The Morgan fingerprint density at radius 1 is 1.50 bits per heavy atom. The van der Waals surface area contributed by atoms with Gasteiger partial charge in [0.25, 0.3) is 0 Å². The van der Waals surface area contributed by atoms with Crippen LogP contribution in [0.2, 0.25) is 0 Å². The summed E-state index contributed by atoms with van der Waals surface area (Å²) in [5.41, 5.74) is 1.41. The fourth-order valence-electron chi connectivity index (χ4n) is 1.24. The first-order valence-electron chi connectivity index (χ1n) is 4.05. The molecule has 0 radical (unpaired) electrons. The quantitative estimate of drug-likeness (QED) is 0.519. The molecule has 0 aromatic heterocycles. The van der Waals surface area contributed by atoms with Gasteiger partial charge >= 0.3 is 0 Å². The van der Waals surface area contributed by atoms with E-state index in [1.807, 2.05) is 0 Å². The lowest BCUT2D eigenvalue weighted by molar-refractivity contribution is 0.466. The summed E-state index contributed by atoms with van der Waals surface area (Å²) in [7, 11) is 0. The molecule has 0 heterocycles. The third kappa shape index (κ3) is 1.73. The van der Waals surface area contributed by atoms with Crippen LogP contribution in [0.15, 0.2) is 23.8 Å². The van der Waals surface area contributed by atoms with Gasteiger partial charge in [0.05, 0.1) is 0 Å². The van der Waals surface area contributed by atoms with Crippen LogP contribution in [0, 0.1) is 11.8 Å². The standard InChI is InChI=1S/C10H16/c1-8(2)10-6-4-9(3)5-7-10/h4-6,8,10H,7H2,1-3H3/t10-/m1/s1. The fourth-order valence-corrected chi connectivity index (χ4v) is 1.24. The third-order valence-electron chi connectivity index (χ3n) is 2.17. The van der Waals surface area contributed by atoms with Crippen molar-refractivity contribution in [3.8, 4) is 0 Å². The molecule has 0 heteroatoms. The third-order valence-corrected chi connectivity index (χ3v) is 2.17. The molecule has 1 aliphatic rings. The van der Waals surface area contributed by atoms with Gasteiger partial charge < -0.3 is 0 Å². The molecule has 0 aromatic rings. The van der Waals surface area contributed by atoms with E-state index in [9.17, 15) is 0 Å². The van der Waals surface area contributed by atoms with Gasteiger partial charge in [-0.25, -0.2) is 0 Å². The van der Waals surface area contributed by atoms with Gasteiger partial charge in [0, 0.05) is 0 Å². The van der Waals surface area contributed by atoms with Crippen molar-refractivity contribution < 1.29 is 0 Å².